The molecule has 0 aromatic rings. The molecule has 1 N–H and O–H groups in total. The van der Waals surface area contributed by atoms with Crippen molar-refractivity contribution in [3.63, 3.8) is 0 Å². The minimum atomic E-state index is 0.775. The average Bonchev–Trinajstić information content (AvgIpc) is 2.80. The SMILES string of the molecule is CN1CCC(CCNCC2CCOC2)CC1. The Morgan fingerprint density at radius 3 is 2.69 bits per heavy atom. The first kappa shape index (κ1) is 12.3. The number of piperidine rings is 1. The second-order valence-corrected chi connectivity index (χ2v) is 5.47. The van der Waals surface area contributed by atoms with Crippen molar-refractivity contribution < 1.29 is 4.74 Å². The van der Waals surface area contributed by atoms with Crippen LogP contribution in [0.4, 0.5) is 0 Å². The molecule has 0 saturated carbocycles. The summed E-state index contributed by atoms with van der Waals surface area (Å²) in [5.74, 6) is 1.74. The minimum absolute atomic E-state index is 0.775. The maximum absolute atomic E-state index is 5.37. The molecule has 0 radical (unpaired) electrons. The van der Waals surface area contributed by atoms with Crippen LogP contribution in [0.5, 0.6) is 0 Å². The molecule has 1 unspecified atom stereocenters. The van der Waals surface area contributed by atoms with Gasteiger partial charge < -0.3 is 15.0 Å². The Morgan fingerprint density at radius 2 is 2.00 bits per heavy atom. The third-order valence-corrected chi connectivity index (χ3v) is 4.02. The molecule has 16 heavy (non-hydrogen) atoms. The maximum Gasteiger partial charge on any atom is 0.0507 e. The number of likely N-dealkylation sites (tertiary alicyclic amines) is 1. The van der Waals surface area contributed by atoms with Crippen molar-refractivity contribution in [2.75, 3.05) is 46.4 Å². The molecule has 0 spiro atoms. The Kier molecular flexibility index (Phi) is 5.07. The molecular formula is C13H26N2O. The van der Waals surface area contributed by atoms with E-state index in [-0.39, 0.29) is 0 Å². The first-order chi connectivity index (χ1) is 7.84. The van der Waals surface area contributed by atoms with Gasteiger partial charge in [-0.2, -0.15) is 0 Å². The van der Waals surface area contributed by atoms with Gasteiger partial charge in [0, 0.05) is 13.2 Å². The molecule has 0 aromatic carbocycles. The van der Waals surface area contributed by atoms with E-state index in [9.17, 15) is 0 Å². The van der Waals surface area contributed by atoms with Crippen LogP contribution in [0, 0.1) is 11.8 Å². The van der Waals surface area contributed by atoms with E-state index in [1.165, 1.54) is 45.3 Å². The lowest BCUT2D eigenvalue weighted by atomic mass is 9.94. The fourth-order valence-corrected chi connectivity index (χ4v) is 2.71. The van der Waals surface area contributed by atoms with Crippen LogP contribution in [0.15, 0.2) is 0 Å². The summed E-state index contributed by atoms with van der Waals surface area (Å²) in [5.41, 5.74) is 0. The lowest BCUT2D eigenvalue weighted by Crippen LogP contribution is -2.32. The average molecular weight is 226 g/mol. The van der Waals surface area contributed by atoms with E-state index >= 15 is 0 Å². The highest BCUT2D eigenvalue weighted by Crippen LogP contribution is 2.18. The van der Waals surface area contributed by atoms with Crippen LogP contribution in [0.1, 0.15) is 25.7 Å². The van der Waals surface area contributed by atoms with Crippen LogP contribution in [-0.4, -0.2) is 51.3 Å². The summed E-state index contributed by atoms with van der Waals surface area (Å²) in [7, 11) is 2.23. The van der Waals surface area contributed by atoms with Crippen molar-refractivity contribution in [3.8, 4) is 0 Å². The van der Waals surface area contributed by atoms with Crippen LogP contribution < -0.4 is 5.32 Å². The van der Waals surface area contributed by atoms with Crippen molar-refractivity contribution >= 4 is 0 Å². The highest BCUT2D eigenvalue weighted by Gasteiger charge is 2.17. The van der Waals surface area contributed by atoms with Crippen LogP contribution in [0.25, 0.3) is 0 Å². The molecule has 0 aliphatic carbocycles. The molecule has 2 fully saturated rings. The van der Waals surface area contributed by atoms with Gasteiger partial charge >= 0.3 is 0 Å². The normalized spacial score (nSPS) is 28.7. The Bertz CT molecular complexity index is 184. The van der Waals surface area contributed by atoms with E-state index in [0.717, 1.165) is 31.6 Å². The fourth-order valence-electron chi connectivity index (χ4n) is 2.71. The van der Waals surface area contributed by atoms with Crippen LogP contribution in [0.3, 0.4) is 0 Å². The Morgan fingerprint density at radius 1 is 1.19 bits per heavy atom. The molecule has 0 bridgehead atoms. The predicted octanol–water partition coefficient (Wildman–Crippen LogP) is 1.34. The maximum atomic E-state index is 5.37. The smallest absolute Gasteiger partial charge is 0.0507 e. The lowest BCUT2D eigenvalue weighted by Gasteiger charge is -2.29. The predicted molar refractivity (Wildman–Crippen MR) is 66.6 cm³/mol. The first-order valence-corrected chi connectivity index (χ1v) is 6.81. The summed E-state index contributed by atoms with van der Waals surface area (Å²) in [6, 6.07) is 0. The van der Waals surface area contributed by atoms with Crippen molar-refractivity contribution in [2.45, 2.75) is 25.7 Å². The minimum Gasteiger partial charge on any atom is -0.381 e. The standard InChI is InChI=1S/C13H26N2O/c1-15-7-3-12(4-8-15)2-6-14-10-13-5-9-16-11-13/h12-14H,2-11H2,1H3. The number of hydrogen-bond donors (Lipinski definition) is 1. The molecule has 2 heterocycles. The van der Waals surface area contributed by atoms with Gasteiger partial charge in [-0.1, -0.05) is 0 Å². The molecule has 1 atom stereocenters. The van der Waals surface area contributed by atoms with Gasteiger partial charge in [0.15, 0.2) is 0 Å². The zero-order valence-corrected chi connectivity index (χ0v) is 10.6. The van der Waals surface area contributed by atoms with E-state index in [2.05, 4.69) is 17.3 Å². The van der Waals surface area contributed by atoms with E-state index in [0.29, 0.717) is 0 Å². The van der Waals surface area contributed by atoms with Gasteiger partial charge in [-0.3, -0.25) is 0 Å². The molecule has 3 nitrogen and oxygen atoms in total. The third kappa shape index (κ3) is 4.04. The monoisotopic (exact) mass is 226 g/mol. The summed E-state index contributed by atoms with van der Waals surface area (Å²) >= 11 is 0. The first-order valence-electron chi connectivity index (χ1n) is 6.81. The van der Waals surface area contributed by atoms with Gasteiger partial charge in [-0.25, -0.2) is 0 Å². The lowest BCUT2D eigenvalue weighted by molar-refractivity contribution is 0.184. The molecule has 2 saturated heterocycles. The Balaban J connectivity index is 1.48. The summed E-state index contributed by atoms with van der Waals surface area (Å²) in [6.45, 7) is 6.89. The number of nitrogens with zero attached hydrogens (tertiary/aromatic N) is 1. The van der Waals surface area contributed by atoms with Crippen molar-refractivity contribution in [3.05, 3.63) is 0 Å². The molecule has 0 aromatic heterocycles. The molecule has 3 heteroatoms. The summed E-state index contributed by atoms with van der Waals surface area (Å²) in [5, 5.41) is 3.59. The number of ether oxygens (including phenoxy) is 1. The summed E-state index contributed by atoms with van der Waals surface area (Å²) in [4.78, 5) is 2.44. The van der Waals surface area contributed by atoms with Crippen LogP contribution >= 0.6 is 0 Å². The zero-order valence-electron chi connectivity index (χ0n) is 10.6. The largest absolute Gasteiger partial charge is 0.381 e. The molecule has 2 rings (SSSR count). The van der Waals surface area contributed by atoms with E-state index < -0.39 is 0 Å². The Labute approximate surface area is 99.5 Å². The van der Waals surface area contributed by atoms with Gasteiger partial charge in [0.25, 0.3) is 0 Å². The highest BCUT2D eigenvalue weighted by atomic mass is 16.5. The topological polar surface area (TPSA) is 24.5 Å². The van der Waals surface area contributed by atoms with Gasteiger partial charge in [0.05, 0.1) is 6.61 Å². The Hall–Kier alpha value is -0.120. The quantitative estimate of drug-likeness (QED) is 0.716. The van der Waals surface area contributed by atoms with E-state index in [1.54, 1.807) is 0 Å². The molecular weight excluding hydrogens is 200 g/mol. The second-order valence-electron chi connectivity index (χ2n) is 5.47. The number of hydrogen-bond acceptors (Lipinski definition) is 3. The highest BCUT2D eigenvalue weighted by molar-refractivity contribution is 4.72. The summed E-state index contributed by atoms with van der Waals surface area (Å²) in [6.07, 6.45) is 5.40. The van der Waals surface area contributed by atoms with Gasteiger partial charge in [-0.15, -0.1) is 0 Å². The number of nitrogens with one attached hydrogen (secondary N) is 1. The molecule has 2 aliphatic heterocycles. The van der Waals surface area contributed by atoms with Gasteiger partial charge in [0.2, 0.25) is 0 Å². The fraction of sp³-hybridized carbons (Fsp3) is 1.00. The zero-order chi connectivity index (χ0) is 11.2. The second kappa shape index (κ2) is 6.58. The summed E-state index contributed by atoms with van der Waals surface area (Å²) < 4.78 is 5.37. The van der Waals surface area contributed by atoms with Crippen molar-refractivity contribution in [1.82, 2.24) is 10.2 Å². The van der Waals surface area contributed by atoms with Crippen LogP contribution in [0.2, 0.25) is 0 Å². The van der Waals surface area contributed by atoms with Crippen molar-refractivity contribution in [1.29, 1.82) is 0 Å². The molecule has 2 aliphatic rings. The molecule has 94 valence electrons. The number of rotatable bonds is 5. The van der Waals surface area contributed by atoms with Gasteiger partial charge in [-0.05, 0) is 64.2 Å². The van der Waals surface area contributed by atoms with Crippen LogP contribution in [-0.2, 0) is 4.74 Å². The third-order valence-electron chi connectivity index (χ3n) is 4.02. The van der Waals surface area contributed by atoms with Gasteiger partial charge in [0.1, 0.15) is 0 Å². The van der Waals surface area contributed by atoms with E-state index in [1.807, 2.05) is 0 Å². The van der Waals surface area contributed by atoms with Crippen molar-refractivity contribution in [2.24, 2.45) is 11.8 Å². The van der Waals surface area contributed by atoms with E-state index in [4.69, 9.17) is 4.74 Å². The molecule has 0 amide bonds.